The van der Waals surface area contributed by atoms with Crippen LogP contribution in [0.4, 0.5) is 0 Å². The molecule has 0 unspecified atom stereocenters. The van der Waals surface area contributed by atoms with Crippen LogP contribution in [0, 0.1) is 0 Å². The number of amides is 1. The van der Waals surface area contributed by atoms with Gasteiger partial charge in [-0.3, -0.25) is 9.59 Å². The first-order valence-electron chi connectivity index (χ1n) is 4.14. The Labute approximate surface area is 97.6 Å². The van der Waals surface area contributed by atoms with E-state index in [1.807, 2.05) is 0 Å². The maximum atomic E-state index is 11.6. The van der Waals surface area contributed by atoms with Crippen LogP contribution in [-0.2, 0) is 4.79 Å². The summed E-state index contributed by atoms with van der Waals surface area (Å²) in [6.45, 7) is 0. The quantitative estimate of drug-likeness (QED) is 0.592. The lowest BCUT2D eigenvalue weighted by molar-refractivity contribution is -0.124. The predicted molar refractivity (Wildman–Crippen MR) is 59.5 cm³/mol. The Balaban J connectivity index is 3.11. The number of carbonyl (C=O) groups excluding carboxylic acids is 2. The van der Waals surface area contributed by atoms with Crippen molar-refractivity contribution in [3.05, 3.63) is 33.8 Å². The zero-order valence-electron chi connectivity index (χ0n) is 8.25. The van der Waals surface area contributed by atoms with E-state index in [2.05, 4.69) is 0 Å². The summed E-state index contributed by atoms with van der Waals surface area (Å²) in [5.41, 5.74) is 0.128. The molecule has 0 N–H and O–H groups in total. The number of Topliss-reactive ketones (excluding diaryl/α,β-unsaturated/α-hetero) is 1. The van der Waals surface area contributed by atoms with Crippen molar-refractivity contribution in [3.63, 3.8) is 0 Å². The van der Waals surface area contributed by atoms with E-state index in [1.54, 1.807) is 6.07 Å². The maximum absolute atomic E-state index is 11.6. The molecule has 0 fully saturated rings. The summed E-state index contributed by atoms with van der Waals surface area (Å²) in [4.78, 5) is 24.2. The Kier molecular flexibility index (Phi) is 3.72. The molecule has 15 heavy (non-hydrogen) atoms. The van der Waals surface area contributed by atoms with Crippen LogP contribution in [0.3, 0.4) is 0 Å². The van der Waals surface area contributed by atoms with Crippen molar-refractivity contribution in [2.45, 2.75) is 0 Å². The smallest absolute Gasteiger partial charge is 0.294 e. The zero-order valence-corrected chi connectivity index (χ0v) is 9.76. The Morgan fingerprint density at radius 1 is 1.20 bits per heavy atom. The Morgan fingerprint density at radius 2 is 1.80 bits per heavy atom. The fraction of sp³-hybridized carbons (Fsp3) is 0.200. The van der Waals surface area contributed by atoms with Crippen LogP contribution in [0.5, 0.6) is 0 Å². The normalized spacial score (nSPS) is 9.87. The van der Waals surface area contributed by atoms with Gasteiger partial charge in [-0.2, -0.15) is 0 Å². The predicted octanol–water partition coefficient (Wildman–Crippen LogP) is 2.26. The highest BCUT2D eigenvalue weighted by molar-refractivity contribution is 6.47. The molecule has 1 amide bonds. The molecular weight excluding hydrogens is 237 g/mol. The number of nitrogens with zero attached hydrogens (tertiary/aromatic N) is 1. The van der Waals surface area contributed by atoms with Crippen molar-refractivity contribution in [2.24, 2.45) is 0 Å². The van der Waals surface area contributed by atoms with Gasteiger partial charge in [-0.05, 0) is 18.2 Å². The minimum atomic E-state index is -0.660. The monoisotopic (exact) mass is 245 g/mol. The highest BCUT2D eigenvalue weighted by atomic mass is 35.5. The fourth-order valence-corrected chi connectivity index (χ4v) is 1.37. The van der Waals surface area contributed by atoms with Gasteiger partial charge in [0.2, 0.25) is 0 Å². The summed E-state index contributed by atoms with van der Waals surface area (Å²) in [6, 6.07) is 4.43. The standard InChI is InChI=1S/C10H9Cl2NO2/c1-13(2)10(15)9(14)7-5-6(11)3-4-8(7)12/h3-5H,1-2H3. The molecule has 0 aliphatic carbocycles. The second kappa shape index (κ2) is 4.64. The topological polar surface area (TPSA) is 37.4 Å². The molecule has 0 saturated heterocycles. The van der Waals surface area contributed by atoms with Gasteiger partial charge in [-0.15, -0.1) is 0 Å². The lowest BCUT2D eigenvalue weighted by Crippen LogP contribution is -2.30. The summed E-state index contributed by atoms with van der Waals surface area (Å²) in [5.74, 6) is -1.29. The van der Waals surface area contributed by atoms with E-state index in [0.717, 1.165) is 0 Å². The van der Waals surface area contributed by atoms with E-state index in [9.17, 15) is 9.59 Å². The number of hydrogen-bond donors (Lipinski definition) is 0. The van der Waals surface area contributed by atoms with Crippen molar-refractivity contribution in [3.8, 4) is 0 Å². The van der Waals surface area contributed by atoms with E-state index < -0.39 is 11.7 Å². The van der Waals surface area contributed by atoms with E-state index in [-0.39, 0.29) is 10.6 Å². The van der Waals surface area contributed by atoms with Gasteiger partial charge in [0.05, 0.1) is 5.02 Å². The third-order valence-electron chi connectivity index (χ3n) is 1.77. The van der Waals surface area contributed by atoms with Gasteiger partial charge in [0.25, 0.3) is 11.7 Å². The van der Waals surface area contributed by atoms with Crippen molar-refractivity contribution in [1.29, 1.82) is 0 Å². The molecule has 0 aliphatic rings. The molecular formula is C10H9Cl2NO2. The molecule has 3 nitrogen and oxygen atoms in total. The van der Waals surface area contributed by atoms with E-state index in [4.69, 9.17) is 23.2 Å². The van der Waals surface area contributed by atoms with Crippen LogP contribution in [0.15, 0.2) is 18.2 Å². The van der Waals surface area contributed by atoms with Gasteiger partial charge in [0.1, 0.15) is 0 Å². The van der Waals surface area contributed by atoms with Crippen molar-refractivity contribution < 1.29 is 9.59 Å². The highest BCUT2D eigenvalue weighted by Crippen LogP contribution is 2.21. The first kappa shape index (κ1) is 12.0. The molecule has 0 bridgehead atoms. The Hall–Kier alpha value is -1.06. The van der Waals surface area contributed by atoms with Gasteiger partial charge >= 0.3 is 0 Å². The molecule has 0 aromatic heterocycles. The number of benzene rings is 1. The number of ketones is 1. The average Bonchev–Trinajstić information content (AvgIpc) is 2.19. The molecule has 0 radical (unpaired) electrons. The second-order valence-electron chi connectivity index (χ2n) is 3.15. The number of likely N-dealkylation sites (N-methyl/N-ethyl adjacent to an activating group) is 1. The summed E-state index contributed by atoms with van der Waals surface area (Å²) >= 11 is 11.5. The minimum Gasteiger partial charge on any atom is -0.342 e. The van der Waals surface area contributed by atoms with Crippen LogP contribution in [0.25, 0.3) is 0 Å². The molecule has 0 atom stereocenters. The van der Waals surface area contributed by atoms with Crippen molar-refractivity contribution >= 4 is 34.9 Å². The van der Waals surface area contributed by atoms with Crippen molar-refractivity contribution in [2.75, 3.05) is 14.1 Å². The van der Waals surface area contributed by atoms with Crippen LogP contribution in [-0.4, -0.2) is 30.7 Å². The van der Waals surface area contributed by atoms with E-state index >= 15 is 0 Å². The maximum Gasteiger partial charge on any atom is 0.294 e. The van der Waals surface area contributed by atoms with Gasteiger partial charge in [0.15, 0.2) is 0 Å². The molecule has 1 rings (SSSR count). The Morgan fingerprint density at radius 3 is 2.33 bits per heavy atom. The molecule has 80 valence electrons. The lowest BCUT2D eigenvalue weighted by atomic mass is 10.1. The SMILES string of the molecule is CN(C)C(=O)C(=O)c1cc(Cl)ccc1Cl. The van der Waals surface area contributed by atoms with Crippen molar-refractivity contribution in [1.82, 2.24) is 4.90 Å². The second-order valence-corrected chi connectivity index (χ2v) is 4.00. The summed E-state index contributed by atoms with van der Waals surface area (Å²) < 4.78 is 0. The summed E-state index contributed by atoms with van der Waals surface area (Å²) in [6.07, 6.45) is 0. The van der Waals surface area contributed by atoms with Crippen LogP contribution in [0.1, 0.15) is 10.4 Å². The van der Waals surface area contributed by atoms with Crippen LogP contribution in [0.2, 0.25) is 10.0 Å². The number of carbonyl (C=O) groups is 2. The molecule has 1 aromatic rings. The van der Waals surface area contributed by atoms with Gasteiger partial charge in [-0.1, -0.05) is 23.2 Å². The van der Waals surface area contributed by atoms with Crippen LogP contribution >= 0.6 is 23.2 Å². The summed E-state index contributed by atoms with van der Waals surface area (Å²) in [5, 5.41) is 0.592. The molecule has 1 aromatic carbocycles. The largest absolute Gasteiger partial charge is 0.342 e. The summed E-state index contributed by atoms with van der Waals surface area (Å²) in [7, 11) is 3.00. The van der Waals surface area contributed by atoms with Crippen LogP contribution < -0.4 is 0 Å². The average molecular weight is 246 g/mol. The zero-order chi connectivity index (χ0) is 11.6. The third-order valence-corrected chi connectivity index (χ3v) is 2.34. The van der Waals surface area contributed by atoms with Gasteiger partial charge in [0, 0.05) is 24.7 Å². The lowest BCUT2D eigenvalue weighted by Gasteiger charge is -2.09. The first-order chi connectivity index (χ1) is 6.93. The molecule has 0 heterocycles. The number of hydrogen-bond acceptors (Lipinski definition) is 2. The third kappa shape index (κ3) is 2.70. The minimum absolute atomic E-state index is 0.128. The number of halogens is 2. The molecule has 0 saturated carbocycles. The highest BCUT2D eigenvalue weighted by Gasteiger charge is 2.20. The molecule has 0 spiro atoms. The Bertz CT molecular complexity index is 416. The van der Waals surface area contributed by atoms with Gasteiger partial charge in [-0.25, -0.2) is 0 Å². The molecule has 0 aliphatic heterocycles. The van der Waals surface area contributed by atoms with Gasteiger partial charge < -0.3 is 4.90 Å². The molecule has 5 heteroatoms. The number of rotatable bonds is 2. The van der Waals surface area contributed by atoms with E-state index in [0.29, 0.717) is 5.02 Å². The van der Waals surface area contributed by atoms with E-state index in [1.165, 1.54) is 31.1 Å². The first-order valence-corrected chi connectivity index (χ1v) is 4.90. The fourth-order valence-electron chi connectivity index (χ4n) is 0.990.